The number of hydrogen-bond donors (Lipinski definition) is 0. The molecule has 0 spiro atoms. The first-order valence-electron chi connectivity index (χ1n) is 3.21. The Morgan fingerprint density at radius 2 is 2.10 bits per heavy atom. The maximum absolute atomic E-state index is 5.06. The lowest BCUT2D eigenvalue weighted by atomic mass is 10.1. The average molecular weight is 135 g/mol. The summed E-state index contributed by atoms with van der Waals surface area (Å²) in [5.74, 6) is 0.861. The summed E-state index contributed by atoms with van der Waals surface area (Å²) in [5, 5.41) is 0. The molecule has 0 aliphatic carbocycles. The molecule has 0 unspecified atom stereocenters. The maximum atomic E-state index is 5.06. The van der Waals surface area contributed by atoms with Crippen LogP contribution >= 0.6 is 0 Å². The van der Waals surface area contributed by atoms with Gasteiger partial charge in [0.05, 0.1) is 7.11 Å². The molecule has 53 valence electrons. The first-order valence-corrected chi connectivity index (χ1v) is 3.21. The standard InChI is InChI=1S/C9H11O/c1-7-5-4-6-9(10-3)8(7)2/h4-6H,2H2,1,3H3. The van der Waals surface area contributed by atoms with Crippen LogP contribution in [0.15, 0.2) is 18.2 Å². The topological polar surface area (TPSA) is 9.23 Å². The van der Waals surface area contributed by atoms with Gasteiger partial charge in [0.15, 0.2) is 0 Å². The van der Waals surface area contributed by atoms with Gasteiger partial charge < -0.3 is 4.74 Å². The van der Waals surface area contributed by atoms with E-state index in [4.69, 9.17) is 4.74 Å². The van der Waals surface area contributed by atoms with Crippen LogP contribution in [0.2, 0.25) is 0 Å². The van der Waals surface area contributed by atoms with E-state index in [1.165, 1.54) is 5.56 Å². The number of ether oxygens (including phenoxy) is 1. The van der Waals surface area contributed by atoms with Gasteiger partial charge in [-0.2, -0.15) is 0 Å². The Labute approximate surface area is 61.6 Å². The molecule has 1 nitrogen and oxygen atoms in total. The third-order valence-corrected chi connectivity index (χ3v) is 1.59. The molecule has 0 saturated carbocycles. The van der Waals surface area contributed by atoms with Crippen LogP contribution in [0.25, 0.3) is 0 Å². The highest BCUT2D eigenvalue weighted by Crippen LogP contribution is 2.19. The van der Waals surface area contributed by atoms with Crippen molar-refractivity contribution < 1.29 is 4.74 Å². The second kappa shape index (κ2) is 2.74. The van der Waals surface area contributed by atoms with Gasteiger partial charge in [0.1, 0.15) is 5.75 Å². The first kappa shape index (κ1) is 7.13. The zero-order valence-electron chi connectivity index (χ0n) is 6.35. The molecule has 1 heteroatoms. The zero-order chi connectivity index (χ0) is 7.56. The SMILES string of the molecule is [CH2]c1c(C)cccc1OC. The summed E-state index contributed by atoms with van der Waals surface area (Å²) in [6.45, 7) is 5.88. The highest BCUT2D eigenvalue weighted by Gasteiger charge is 1.97. The van der Waals surface area contributed by atoms with Crippen LogP contribution in [-0.4, -0.2) is 7.11 Å². The molecule has 0 aliphatic heterocycles. The van der Waals surface area contributed by atoms with Gasteiger partial charge in [-0.05, 0) is 31.0 Å². The fourth-order valence-corrected chi connectivity index (χ4v) is 0.867. The molecule has 1 aromatic carbocycles. The number of methoxy groups -OCH3 is 1. The molecule has 10 heavy (non-hydrogen) atoms. The molecule has 0 fully saturated rings. The summed E-state index contributed by atoms with van der Waals surface area (Å²) in [4.78, 5) is 0. The van der Waals surface area contributed by atoms with E-state index in [1.54, 1.807) is 7.11 Å². The summed E-state index contributed by atoms with van der Waals surface area (Å²) in [6, 6.07) is 5.89. The molecule has 0 aliphatic rings. The van der Waals surface area contributed by atoms with Crippen molar-refractivity contribution in [1.82, 2.24) is 0 Å². The molecule has 1 aromatic rings. The van der Waals surface area contributed by atoms with Crippen molar-refractivity contribution in [2.45, 2.75) is 6.92 Å². The highest BCUT2D eigenvalue weighted by molar-refractivity contribution is 5.41. The number of benzene rings is 1. The lowest BCUT2D eigenvalue weighted by molar-refractivity contribution is 0.412. The van der Waals surface area contributed by atoms with Gasteiger partial charge in [-0.3, -0.25) is 0 Å². The number of hydrogen-bond acceptors (Lipinski definition) is 1. The number of aryl methyl sites for hydroxylation is 1. The molecule has 1 radical (unpaired) electrons. The van der Waals surface area contributed by atoms with E-state index in [0.717, 1.165) is 11.3 Å². The van der Waals surface area contributed by atoms with Crippen LogP contribution in [0.4, 0.5) is 0 Å². The van der Waals surface area contributed by atoms with Gasteiger partial charge in [0, 0.05) is 0 Å². The van der Waals surface area contributed by atoms with Crippen molar-refractivity contribution in [1.29, 1.82) is 0 Å². The van der Waals surface area contributed by atoms with E-state index in [0.29, 0.717) is 0 Å². The summed E-state index contributed by atoms with van der Waals surface area (Å²) < 4.78 is 5.06. The van der Waals surface area contributed by atoms with Crippen LogP contribution in [0.3, 0.4) is 0 Å². The molecule has 0 bridgehead atoms. The van der Waals surface area contributed by atoms with Crippen LogP contribution < -0.4 is 4.74 Å². The van der Waals surface area contributed by atoms with Crippen molar-refractivity contribution in [3.8, 4) is 5.75 Å². The van der Waals surface area contributed by atoms with Crippen molar-refractivity contribution in [2.24, 2.45) is 0 Å². The molecule has 0 heterocycles. The normalized spacial score (nSPS) is 9.50. The van der Waals surface area contributed by atoms with E-state index in [2.05, 4.69) is 6.92 Å². The monoisotopic (exact) mass is 135 g/mol. The Balaban J connectivity index is 3.14. The third-order valence-electron chi connectivity index (χ3n) is 1.59. The minimum absolute atomic E-state index is 0.861. The van der Waals surface area contributed by atoms with Crippen LogP contribution in [0, 0.1) is 13.8 Å². The van der Waals surface area contributed by atoms with Gasteiger partial charge in [-0.15, -0.1) is 0 Å². The molecular weight excluding hydrogens is 124 g/mol. The Kier molecular flexibility index (Phi) is 1.95. The lowest BCUT2D eigenvalue weighted by Gasteiger charge is -2.05. The van der Waals surface area contributed by atoms with Crippen LogP contribution in [0.1, 0.15) is 11.1 Å². The van der Waals surface area contributed by atoms with Crippen molar-refractivity contribution in [3.05, 3.63) is 36.2 Å². The second-order valence-corrected chi connectivity index (χ2v) is 2.26. The predicted molar refractivity (Wildman–Crippen MR) is 42.2 cm³/mol. The maximum Gasteiger partial charge on any atom is 0.122 e. The van der Waals surface area contributed by atoms with E-state index in [1.807, 2.05) is 25.1 Å². The van der Waals surface area contributed by atoms with Crippen molar-refractivity contribution in [2.75, 3.05) is 7.11 Å². The smallest absolute Gasteiger partial charge is 0.122 e. The van der Waals surface area contributed by atoms with E-state index < -0.39 is 0 Å². The van der Waals surface area contributed by atoms with Gasteiger partial charge in [-0.25, -0.2) is 0 Å². The summed E-state index contributed by atoms with van der Waals surface area (Å²) in [5.41, 5.74) is 2.14. The van der Waals surface area contributed by atoms with E-state index in [-0.39, 0.29) is 0 Å². The van der Waals surface area contributed by atoms with E-state index in [9.17, 15) is 0 Å². The quantitative estimate of drug-likeness (QED) is 0.573. The minimum atomic E-state index is 0.861. The third kappa shape index (κ3) is 1.13. The van der Waals surface area contributed by atoms with Gasteiger partial charge >= 0.3 is 0 Å². The summed E-state index contributed by atoms with van der Waals surface area (Å²) in [7, 11) is 1.66. The van der Waals surface area contributed by atoms with Crippen LogP contribution in [-0.2, 0) is 0 Å². The highest BCUT2D eigenvalue weighted by atomic mass is 16.5. The average Bonchev–Trinajstić information content (AvgIpc) is 1.95. The molecule has 1 rings (SSSR count). The fourth-order valence-electron chi connectivity index (χ4n) is 0.867. The van der Waals surface area contributed by atoms with Crippen molar-refractivity contribution in [3.63, 3.8) is 0 Å². The molecular formula is C9H11O. The molecule has 0 N–H and O–H groups in total. The Hall–Kier alpha value is -0.980. The second-order valence-electron chi connectivity index (χ2n) is 2.26. The first-order chi connectivity index (χ1) is 4.75. The molecule has 0 amide bonds. The molecule has 0 saturated heterocycles. The Bertz CT molecular complexity index is 228. The van der Waals surface area contributed by atoms with E-state index >= 15 is 0 Å². The van der Waals surface area contributed by atoms with Gasteiger partial charge in [-0.1, -0.05) is 12.1 Å². The van der Waals surface area contributed by atoms with Crippen LogP contribution in [0.5, 0.6) is 5.75 Å². The summed E-state index contributed by atoms with van der Waals surface area (Å²) >= 11 is 0. The van der Waals surface area contributed by atoms with Gasteiger partial charge in [0.25, 0.3) is 0 Å². The molecule has 0 atom stereocenters. The van der Waals surface area contributed by atoms with Crippen molar-refractivity contribution >= 4 is 0 Å². The lowest BCUT2D eigenvalue weighted by Crippen LogP contribution is -1.88. The predicted octanol–water partition coefficient (Wildman–Crippen LogP) is 2.19. The Morgan fingerprint density at radius 3 is 2.60 bits per heavy atom. The largest absolute Gasteiger partial charge is 0.496 e. The van der Waals surface area contributed by atoms with Gasteiger partial charge in [0.2, 0.25) is 0 Å². The number of rotatable bonds is 1. The molecule has 0 aromatic heterocycles. The fraction of sp³-hybridized carbons (Fsp3) is 0.222. The minimum Gasteiger partial charge on any atom is -0.496 e. The summed E-state index contributed by atoms with van der Waals surface area (Å²) in [6.07, 6.45) is 0. The zero-order valence-corrected chi connectivity index (χ0v) is 6.35. The Morgan fingerprint density at radius 1 is 1.40 bits per heavy atom.